The molecule has 0 saturated heterocycles. The highest BCUT2D eigenvalue weighted by atomic mass is 35.5. The van der Waals surface area contributed by atoms with Crippen LogP contribution in [0.3, 0.4) is 0 Å². The molecule has 0 aliphatic carbocycles. The van der Waals surface area contributed by atoms with Crippen LogP contribution < -0.4 is 4.57 Å². The highest BCUT2D eigenvalue weighted by Gasteiger charge is 2.86. The zero-order chi connectivity index (χ0) is 31.1. The number of aryl methyl sites for hydroxylation is 1. The summed E-state index contributed by atoms with van der Waals surface area (Å²) in [5, 5.41) is 0.335. The fourth-order valence-electron chi connectivity index (χ4n) is 4.17. The van der Waals surface area contributed by atoms with Crippen LogP contribution in [-0.4, -0.2) is 34.4 Å². The maximum absolute atomic E-state index is 13.9. The maximum Gasteiger partial charge on any atom is 0.460 e. The number of rotatable bonds is 17. The second-order valence-corrected chi connectivity index (χ2v) is 10.3. The Morgan fingerprint density at radius 1 is 0.683 bits per heavy atom. The number of nitrogens with zero attached hydrogens (tertiary/aromatic N) is 2. The van der Waals surface area contributed by atoms with Crippen LogP contribution in [0.2, 0.25) is 5.02 Å². The molecule has 0 N–H and O–H groups in total. The molecule has 2 aromatic rings. The van der Waals surface area contributed by atoms with Gasteiger partial charge in [0.1, 0.15) is 24.8 Å². The van der Waals surface area contributed by atoms with E-state index in [2.05, 4.69) is 0 Å². The summed E-state index contributed by atoms with van der Waals surface area (Å²) in [6.07, 6.45) is 0.300. The number of benzene rings is 1. The van der Waals surface area contributed by atoms with Crippen LogP contribution in [0.5, 0.6) is 0 Å². The highest BCUT2D eigenvalue weighted by molar-refractivity contribution is 6.31. The third-order valence-corrected chi connectivity index (χ3v) is 7.01. The van der Waals surface area contributed by atoms with Gasteiger partial charge in [-0.3, -0.25) is 0 Å². The standard InChI is InChI=1S/C26H30ClF12N2/c27-20-11-10-12-21(28)19(20)17-41-16-15-40(18-41)14-9-7-5-3-1-2-4-6-8-13-22(29,30)23(31,32)24(33,34)25(35,36)26(37,38)39/h10-12,15-16,18H,1-9,13-14,17H2/q+1. The molecule has 41 heavy (non-hydrogen) atoms. The summed E-state index contributed by atoms with van der Waals surface area (Å²) in [6, 6.07) is 4.47. The first-order valence-corrected chi connectivity index (χ1v) is 13.3. The minimum atomic E-state index is -7.34. The van der Waals surface area contributed by atoms with Crippen molar-refractivity contribution in [3.05, 3.63) is 53.3 Å². The Labute approximate surface area is 234 Å². The zero-order valence-corrected chi connectivity index (χ0v) is 22.5. The quantitative estimate of drug-likeness (QED) is 0.0932. The second-order valence-electron chi connectivity index (χ2n) is 9.88. The molecule has 1 aromatic carbocycles. The lowest BCUT2D eigenvalue weighted by atomic mass is 9.94. The Morgan fingerprint density at radius 2 is 1.22 bits per heavy atom. The first-order chi connectivity index (χ1) is 18.8. The van der Waals surface area contributed by atoms with Gasteiger partial charge in [0.05, 0.1) is 11.6 Å². The summed E-state index contributed by atoms with van der Waals surface area (Å²) >= 11 is 6.04. The zero-order valence-electron chi connectivity index (χ0n) is 21.8. The number of aromatic nitrogens is 2. The molecule has 0 saturated carbocycles. The predicted molar refractivity (Wildman–Crippen MR) is 127 cm³/mol. The van der Waals surface area contributed by atoms with Crippen molar-refractivity contribution < 1.29 is 57.3 Å². The second kappa shape index (κ2) is 13.9. The van der Waals surface area contributed by atoms with E-state index in [9.17, 15) is 52.7 Å². The van der Waals surface area contributed by atoms with Crippen LogP contribution in [0.25, 0.3) is 0 Å². The first kappa shape index (κ1) is 35.1. The predicted octanol–water partition coefficient (Wildman–Crippen LogP) is 9.62. The molecule has 0 unspecified atom stereocenters. The lowest BCUT2D eigenvalue weighted by molar-refractivity contribution is -0.688. The van der Waals surface area contributed by atoms with Gasteiger partial charge < -0.3 is 0 Å². The van der Waals surface area contributed by atoms with E-state index < -0.39 is 48.5 Å². The number of halogens is 13. The molecule has 2 nitrogen and oxygen atoms in total. The van der Waals surface area contributed by atoms with E-state index >= 15 is 0 Å². The van der Waals surface area contributed by atoms with Gasteiger partial charge in [0, 0.05) is 12.0 Å². The third-order valence-electron chi connectivity index (χ3n) is 6.66. The summed E-state index contributed by atoms with van der Waals surface area (Å²) < 4.78 is 161. The maximum atomic E-state index is 13.9. The van der Waals surface area contributed by atoms with Crippen LogP contribution in [0.15, 0.2) is 36.9 Å². The van der Waals surface area contributed by atoms with Gasteiger partial charge in [0.2, 0.25) is 6.33 Å². The Balaban J connectivity index is 1.61. The average Bonchev–Trinajstić information content (AvgIpc) is 3.31. The Morgan fingerprint density at radius 3 is 1.76 bits per heavy atom. The van der Waals surface area contributed by atoms with Gasteiger partial charge >= 0.3 is 29.9 Å². The van der Waals surface area contributed by atoms with Gasteiger partial charge in [-0.15, -0.1) is 0 Å². The normalized spacial score (nSPS) is 13.7. The minimum absolute atomic E-state index is 0.112. The van der Waals surface area contributed by atoms with Crippen molar-refractivity contribution in [1.82, 2.24) is 4.57 Å². The van der Waals surface area contributed by atoms with Crippen molar-refractivity contribution in [2.45, 2.75) is 107 Å². The summed E-state index contributed by atoms with van der Waals surface area (Å²) in [5.41, 5.74) is 0.385. The van der Waals surface area contributed by atoms with E-state index in [0.717, 1.165) is 25.7 Å². The molecule has 0 fully saturated rings. The number of hydrogen-bond acceptors (Lipinski definition) is 0. The van der Waals surface area contributed by atoms with E-state index in [1.165, 1.54) is 12.1 Å². The van der Waals surface area contributed by atoms with E-state index in [1.807, 2.05) is 17.1 Å². The van der Waals surface area contributed by atoms with Crippen molar-refractivity contribution in [3.8, 4) is 0 Å². The summed E-state index contributed by atoms with van der Waals surface area (Å²) in [5.74, 6) is -27.7. The molecule has 0 bridgehead atoms. The SMILES string of the molecule is Fc1cccc(Cl)c1C[n+]1ccn(CCCCCCCCCCCC(F)(F)C(F)(F)C(F)(F)C(F)(F)C(F)(F)F)c1. The van der Waals surface area contributed by atoms with Crippen molar-refractivity contribution in [2.75, 3.05) is 0 Å². The van der Waals surface area contributed by atoms with Gasteiger partial charge in [0.15, 0.2) is 0 Å². The van der Waals surface area contributed by atoms with Crippen molar-refractivity contribution in [2.24, 2.45) is 0 Å². The minimum Gasteiger partial charge on any atom is -0.237 e. The van der Waals surface area contributed by atoms with Gasteiger partial charge in [-0.2, -0.15) is 48.3 Å². The van der Waals surface area contributed by atoms with Gasteiger partial charge in [-0.25, -0.2) is 13.5 Å². The van der Waals surface area contributed by atoms with Crippen LogP contribution in [0.4, 0.5) is 52.7 Å². The molecule has 0 radical (unpaired) electrons. The third kappa shape index (κ3) is 8.47. The Hall–Kier alpha value is -2.12. The summed E-state index contributed by atoms with van der Waals surface area (Å²) in [4.78, 5) is 0. The molecule has 0 amide bonds. The van der Waals surface area contributed by atoms with Crippen molar-refractivity contribution >= 4 is 11.6 Å². The molecule has 2 rings (SSSR count). The first-order valence-electron chi connectivity index (χ1n) is 12.9. The van der Waals surface area contributed by atoms with E-state index in [-0.39, 0.29) is 19.4 Å². The number of unbranched alkanes of at least 4 members (excludes halogenated alkanes) is 8. The number of alkyl halides is 11. The fourth-order valence-corrected chi connectivity index (χ4v) is 4.39. The number of hydrogen-bond donors (Lipinski definition) is 0. The molecular formula is C26H30ClF12N2+. The molecule has 1 heterocycles. The summed E-state index contributed by atoms with van der Waals surface area (Å²) in [6.45, 7) is 0.990. The van der Waals surface area contributed by atoms with Crippen LogP contribution in [-0.2, 0) is 13.1 Å². The molecule has 1 aromatic heterocycles. The smallest absolute Gasteiger partial charge is 0.237 e. The van der Waals surface area contributed by atoms with Crippen molar-refractivity contribution in [3.63, 3.8) is 0 Å². The fraction of sp³-hybridized carbons (Fsp3) is 0.654. The largest absolute Gasteiger partial charge is 0.460 e. The lowest BCUT2D eigenvalue weighted by Gasteiger charge is -2.37. The molecule has 0 aliphatic rings. The highest BCUT2D eigenvalue weighted by Crippen LogP contribution is 2.58. The molecule has 234 valence electrons. The van der Waals surface area contributed by atoms with Crippen molar-refractivity contribution in [1.29, 1.82) is 0 Å². The Bertz CT molecular complexity index is 1080. The van der Waals surface area contributed by atoms with Gasteiger partial charge in [0.25, 0.3) is 0 Å². The van der Waals surface area contributed by atoms with Crippen LogP contribution >= 0.6 is 11.6 Å². The summed E-state index contributed by atoms with van der Waals surface area (Å²) in [7, 11) is 0. The van der Waals surface area contributed by atoms with E-state index in [4.69, 9.17) is 11.6 Å². The average molecular weight is 634 g/mol. The van der Waals surface area contributed by atoms with Crippen LogP contribution in [0.1, 0.15) is 69.8 Å². The topological polar surface area (TPSA) is 8.81 Å². The number of imidazole rings is 1. The van der Waals surface area contributed by atoms with Gasteiger partial charge in [-0.05, 0) is 31.4 Å². The molecule has 15 heteroatoms. The molecule has 0 spiro atoms. The Kier molecular flexibility index (Phi) is 11.9. The molecular weight excluding hydrogens is 604 g/mol. The molecule has 0 aliphatic heterocycles. The van der Waals surface area contributed by atoms with E-state index in [0.29, 0.717) is 30.0 Å². The van der Waals surface area contributed by atoms with E-state index in [1.54, 1.807) is 16.8 Å². The lowest BCUT2D eigenvalue weighted by Crippen LogP contribution is -2.66. The monoisotopic (exact) mass is 633 g/mol. The van der Waals surface area contributed by atoms with Crippen LogP contribution in [0, 0.1) is 5.82 Å². The van der Waals surface area contributed by atoms with Gasteiger partial charge in [-0.1, -0.05) is 56.2 Å². The molecule has 0 atom stereocenters.